The van der Waals surface area contributed by atoms with Crippen molar-refractivity contribution >= 4 is 28.2 Å². The van der Waals surface area contributed by atoms with Gasteiger partial charge in [-0.1, -0.05) is 48.0 Å². The lowest BCUT2D eigenvalue weighted by Gasteiger charge is -2.07. The van der Waals surface area contributed by atoms with Crippen LogP contribution in [-0.4, -0.2) is 5.78 Å². The lowest BCUT2D eigenvalue weighted by atomic mass is 9.97. The number of hydrogen-bond acceptors (Lipinski definition) is 1. The molecule has 0 bridgehead atoms. The van der Waals surface area contributed by atoms with E-state index in [0.717, 1.165) is 10.8 Å². The molecule has 0 aromatic heterocycles. The van der Waals surface area contributed by atoms with Crippen LogP contribution in [0.3, 0.4) is 0 Å². The van der Waals surface area contributed by atoms with Crippen molar-refractivity contribution in [2.45, 2.75) is 6.42 Å². The van der Waals surface area contributed by atoms with Crippen molar-refractivity contribution in [3.63, 3.8) is 0 Å². The molecule has 0 radical (unpaired) electrons. The minimum absolute atomic E-state index is 0.0477. The first-order valence-corrected chi connectivity index (χ1v) is 6.98. The molecular formula is C18H12ClFO. The van der Waals surface area contributed by atoms with E-state index in [1.54, 1.807) is 24.3 Å². The maximum absolute atomic E-state index is 13.2. The first-order chi connectivity index (χ1) is 10.1. The van der Waals surface area contributed by atoms with E-state index in [2.05, 4.69) is 0 Å². The van der Waals surface area contributed by atoms with Gasteiger partial charge in [-0.3, -0.25) is 4.79 Å². The van der Waals surface area contributed by atoms with Crippen LogP contribution < -0.4 is 0 Å². The fourth-order valence-electron chi connectivity index (χ4n) is 2.43. The number of halogens is 2. The Kier molecular flexibility index (Phi) is 3.72. The molecule has 0 saturated heterocycles. The first-order valence-electron chi connectivity index (χ1n) is 6.60. The summed E-state index contributed by atoms with van der Waals surface area (Å²) >= 11 is 6.15. The second kappa shape index (κ2) is 5.66. The maximum Gasteiger partial charge on any atom is 0.167 e. The monoisotopic (exact) mass is 298 g/mol. The van der Waals surface area contributed by atoms with Gasteiger partial charge in [-0.05, 0) is 35.2 Å². The molecular weight excluding hydrogens is 287 g/mol. The Morgan fingerprint density at radius 2 is 1.71 bits per heavy atom. The Morgan fingerprint density at radius 1 is 0.952 bits per heavy atom. The highest BCUT2D eigenvalue weighted by Gasteiger charge is 2.12. The van der Waals surface area contributed by atoms with E-state index in [1.807, 2.05) is 24.3 Å². The lowest BCUT2D eigenvalue weighted by Crippen LogP contribution is -2.04. The summed E-state index contributed by atoms with van der Waals surface area (Å²) in [4.78, 5) is 12.5. The van der Waals surface area contributed by atoms with Gasteiger partial charge in [-0.15, -0.1) is 0 Å². The summed E-state index contributed by atoms with van der Waals surface area (Å²) in [5.41, 5.74) is 1.28. The highest BCUT2D eigenvalue weighted by atomic mass is 35.5. The van der Waals surface area contributed by atoms with Crippen molar-refractivity contribution in [1.82, 2.24) is 0 Å². The average molecular weight is 299 g/mol. The summed E-state index contributed by atoms with van der Waals surface area (Å²) in [6, 6.07) is 17.1. The van der Waals surface area contributed by atoms with E-state index in [0.29, 0.717) is 16.1 Å². The normalized spacial score (nSPS) is 10.8. The van der Waals surface area contributed by atoms with Crippen LogP contribution in [0.1, 0.15) is 15.9 Å². The van der Waals surface area contributed by atoms with Crippen LogP contribution >= 0.6 is 11.6 Å². The maximum atomic E-state index is 13.2. The van der Waals surface area contributed by atoms with Gasteiger partial charge in [0, 0.05) is 22.4 Å². The van der Waals surface area contributed by atoms with Crippen molar-refractivity contribution in [2.24, 2.45) is 0 Å². The van der Waals surface area contributed by atoms with Crippen molar-refractivity contribution in [1.29, 1.82) is 0 Å². The van der Waals surface area contributed by atoms with Gasteiger partial charge in [0.15, 0.2) is 5.78 Å². The minimum atomic E-state index is -0.332. The fourth-order valence-corrected chi connectivity index (χ4v) is 2.66. The van der Waals surface area contributed by atoms with Crippen LogP contribution in [0.2, 0.25) is 5.02 Å². The standard InChI is InChI=1S/C18H12ClFO/c19-17-9-8-16(14-6-1-2-7-15(14)17)18(21)11-12-4-3-5-13(20)10-12/h1-10H,11H2. The highest BCUT2D eigenvalue weighted by molar-refractivity contribution is 6.36. The number of carbonyl (C=O) groups is 1. The molecule has 0 aliphatic heterocycles. The molecule has 0 heterocycles. The van der Waals surface area contributed by atoms with Gasteiger partial charge in [0.05, 0.1) is 0 Å². The van der Waals surface area contributed by atoms with Crippen molar-refractivity contribution in [3.05, 3.63) is 82.6 Å². The summed E-state index contributed by atoms with van der Waals surface area (Å²) in [7, 11) is 0. The topological polar surface area (TPSA) is 17.1 Å². The molecule has 0 aliphatic carbocycles. The zero-order valence-electron chi connectivity index (χ0n) is 11.1. The van der Waals surface area contributed by atoms with Crippen LogP contribution in [-0.2, 0) is 6.42 Å². The van der Waals surface area contributed by atoms with Crippen LogP contribution in [0.15, 0.2) is 60.7 Å². The Bertz CT molecular complexity index is 826. The molecule has 0 amide bonds. The van der Waals surface area contributed by atoms with Gasteiger partial charge < -0.3 is 0 Å². The molecule has 1 nitrogen and oxygen atoms in total. The molecule has 0 unspecified atom stereocenters. The largest absolute Gasteiger partial charge is 0.294 e. The number of Topliss-reactive ketones (excluding diaryl/α,β-unsaturated/α-hetero) is 1. The molecule has 3 rings (SSSR count). The van der Waals surface area contributed by atoms with E-state index < -0.39 is 0 Å². The minimum Gasteiger partial charge on any atom is -0.294 e. The number of hydrogen-bond donors (Lipinski definition) is 0. The highest BCUT2D eigenvalue weighted by Crippen LogP contribution is 2.27. The first kappa shape index (κ1) is 13.8. The van der Waals surface area contributed by atoms with Crippen molar-refractivity contribution in [2.75, 3.05) is 0 Å². The summed E-state index contributed by atoms with van der Waals surface area (Å²) in [6.07, 6.45) is 0.170. The van der Waals surface area contributed by atoms with Crippen molar-refractivity contribution in [3.8, 4) is 0 Å². The summed E-state index contributed by atoms with van der Waals surface area (Å²) < 4.78 is 13.2. The predicted molar refractivity (Wildman–Crippen MR) is 83.4 cm³/mol. The number of ketones is 1. The van der Waals surface area contributed by atoms with Gasteiger partial charge in [-0.25, -0.2) is 4.39 Å². The molecule has 3 heteroatoms. The zero-order chi connectivity index (χ0) is 14.8. The predicted octanol–water partition coefficient (Wildman–Crippen LogP) is 5.06. The van der Waals surface area contributed by atoms with E-state index in [-0.39, 0.29) is 18.0 Å². The van der Waals surface area contributed by atoms with Gasteiger partial charge in [0.25, 0.3) is 0 Å². The molecule has 0 atom stereocenters. The molecule has 0 aliphatic rings. The van der Waals surface area contributed by atoms with Gasteiger partial charge >= 0.3 is 0 Å². The van der Waals surface area contributed by atoms with Crippen LogP contribution in [0.5, 0.6) is 0 Å². The van der Waals surface area contributed by atoms with E-state index >= 15 is 0 Å². The molecule has 0 spiro atoms. The zero-order valence-corrected chi connectivity index (χ0v) is 11.9. The molecule has 0 saturated carbocycles. The summed E-state index contributed by atoms with van der Waals surface area (Å²) in [5.74, 6) is -0.380. The smallest absolute Gasteiger partial charge is 0.167 e. The fraction of sp³-hybridized carbons (Fsp3) is 0.0556. The van der Waals surface area contributed by atoms with Crippen molar-refractivity contribution < 1.29 is 9.18 Å². The molecule has 0 fully saturated rings. The number of fused-ring (bicyclic) bond motifs is 1. The third-order valence-electron chi connectivity index (χ3n) is 3.42. The van der Waals surface area contributed by atoms with Gasteiger partial charge in [0.1, 0.15) is 5.82 Å². The van der Waals surface area contributed by atoms with Gasteiger partial charge in [0.2, 0.25) is 0 Å². The number of benzene rings is 3. The SMILES string of the molecule is O=C(Cc1cccc(F)c1)c1ccc(Cl)c2ccccc12. The molecule has 3 aromatic carbocycles. The lowest BCUT2D eigenvalue weighted by molar-refractivity contribution is 0.0994. The quantitative estimate of drug-likeness (QED) is 0.618. The third-order valence-corrected chi connectivity index (χ3v) is 3.75. The molecule has 3 aromatic rings. The average Bonchev–Trinajstić information content (AvgIpc) is 2.48. The summed E-state index contributed by atoms with van der Waals surface area (Å²) in [5, 5.41) is 2.29. The Balaban J connectivity index is 2.01. The van der Waals surface area contributed by atoms with Gasteiger partial charge in [-0.2, -0.15) is 0 Å². The molecule has 21 heavy (non-hydrogen) atoms. The van der Waals surface area contributed by atoms with Crippen LogP contribution in [0, 0.1) is 5.82 Å². The molecule has 104 valence electrons. The van der Waals surface area contributed by atoms with E-state index in [9.17, 15) is 9.18 Å². The van der Waals surface area contributed by atoms with Crippen LogP contribution in [0.25, 0.3) is 10.8 Å². The number of carbonyl (C=O) groups excluding carboxylic acids is 1. The molecule has 0 N–H and O–H groups in total. The second-order valence-corrected chi connectivity index (χ2v) is 5.28. The third kappa shape index (κ3) is 2.81. The Hall–Kier alpha value is -2.19. The number of rotatable bonds is 3. The van der Waals surface area contributed by atoms with Crippen LogP contribution in [0.4, 0.5) is 4.39 Å². The Morgan fingerprint density at radius 3 is 2.48 bits per heavy atom. The Labute approximate surface area is 127 Å². The second-order valence-electron chi connectivity index (χ2n) is 4.87. The van der Waals surface area contributed by atoms with E-state index in [1.165, 1.54) is 12.1 Å². The summed E-state index contributed by atoms with van der Waals surface area (Å²) in [6.45, 7) is 0. The van der Waals surface area contributed by atoms with E-state index in [4.69, 9.17) is 11.6 Å².